The lowest BCUT2D eigenvalue weighted by molar-refractivity contribution is -0.127. The number of hydrazone groups is 1. The number of rotatable bonds is 4. The summed E-state index contributed by atoms with van der Waals surface area (Å²) in [5, 5.41) is 4.29. The third kappa shape index (κ3) is 3.12. The molecule has 2 aliphatic rings. The Morgan fingerprint density at radius 1 is 1.52 bits per heavy atom. The van der Waals surface area contributed by atoms with E-state index < -0.39 is 22.2 Å². The molecule has 5 nitrogen and oxygen atoms in total. The second-order valence-electron chi connectivity index (χ2n) is 5.58. The first-order valence-corrected chi connectivity index (χ1v) is 8.73. The van der Waals surface area contributed by atoms with Crippen LogP contribution in [0.1, 0.15) is 46.0 Å². The molecule has 0 spiro atoms. The van der Waals surface area contributed by atoms with E-state index in [0.717, 1.165) is 18.4 Å². The summed E-state index contributed by atoms with van der Waals surface area (Å²) in [6, 6.07) is 0. The van der Waals surface area contributed by atoms with Gasteiger partial charge in [0.2, 0.25) is 10.4 Å². The minimum atomic E-state index is -3.95. The zero-order valence-electron chi connectivity index (χ0n) is 12.2. The average Bonchev–Trinajstić information content (AvgIpc) is 2.67. The molecule has 116 valence electrons. The summed E-state index contributed by atoms with van der Waals surface area (Å²) in [5.41, 5.74) is 1.32. The molecule has 0 aromatic carbocycles. The van der Waals surface area contributed by atoms with Gasteiger partial charge in [0.1, 0.15) is 0 Å². The fourth-order valence-corrected chi connectivity index (χ4v) is 4.66. The molecule has 21 heavy (non-hydrogen) atoms. The Morgan fingerprint density at radius 2 is 2.14 bits per heavy atom. The van der Waals surface area contributed by atoms with Gasteiger partial charge in [0.05, 0.1) is 16.7 Å². The molecule has 0 radical (unpaired) electrons. The Bertz CT molecular complexity index is 597. The van der Waals surface area contributed by atoms with E-state index in [2.05, 4.69) is 11.7 Å². The smallest absolute Gasteiger partial charge is 0.299 e. The maximum absolute atomic E-state index is 12.6. The molecule has 0 saturated heterocycles. The van der Waals surface area contributed by atoms with Crippen LogP contribution in [0.25, 0.3) is 0 Å². The second kappa shape index (κ2) is 6.02. The van der Waals surface area contributed by atoms with E-state index in [0.29, 0.717) is 34.4 Å². The molecular formula is C14H19ClN2O3S. The van der Waals surface area contributed by atoms with Crippen molar-refractivity contribution in [2.75, 3.05) is 0 Å². The van der Waals surface area contributed by atoms with Crippen molar-refractivity contribution < 1.29 is 13.6 Å². The lowest BCUT2D eigenvalue weighted by atomic mass is 9.97. The number of sulfonamides is 1. The highest BCUT2D eigenvalue weighted by Gasteiger charge is 2.46. The molecule has 1 heterocycles. The third-order valence-corrected chi connectivity index (χ3v) is 6.00. The molecule has 0 aromatic rings. The van der Waals surface area contributed by atoms with E-state index in [-0.39, 0.29) is 4.91 Å². The Kier molecular flexibility index (Phi) is 4.70. The summed E-state index contributed by atoms with van der Waals surface area (Å²) in [6.45, 7) is 7.24. The number of nitrogens with zero attached hydrogens (tertiary/aromatic N) is 2. The van der Waals surface area contributed by atoms with Gasteiger partial charge in [-0.15, -0.1) is 11.7 Å². The van der Waals surface area contributed by atoms with Crippen LogP contribution in [0, 0.1) is 5.92 Å². The largest absolute Gasteiger partial charge is 0.587 e. The predicted octanol–water partition coefficient (Wildman–Crippen LogP) is 3.36. The van der Waals surface area contributed by atoms with Crippen LogP contribution in [-0.4, -0.2) is 20.6 Å². The van der Waals surface area contributed by atoms with Crippen LogP contribution in [0.15, 0.2) is 27.2 Å². The molecule has 2 atom stereocenters. The van der Waals surface area contributed by atoms with E-state index in [1.165, 1.54) is 0 Å². The van der Waals surface area contributed by atoms with E-state index in [4.69, 9.17) is 11.6 Å². The monoisotopic (exact) mass is 330 g/mol. The van der Waals surface area contributed by atoms with E-state index in [1.807, 2.05) is 0 Å². The van der Waals surface area contributed by atoms with Gasteiger partial charge in [-0.3, -0.25) is 4.79 Å². The van der Waals surface area contributed by atoms with Gasteiger partial charge in [0, 0.05) is 6.42 Å². The molecule has 0 fully saturated rings. The van der Waals surface area contributed by atoms with Crippen LogP contribution in [-0.2, 0) is 19.4 Å². The van der Waals surface area contributed by atoms with E-state index in [9.17, 15) is 13.6 Å². The fraction of sp³-hybridized carbons (Fsp3) is 0.571. The average molecular weight is 331 g/mol. The molecule has 1 aliphatic carbocycles. The van der Waals surface area contributed by atoms with E-state index >= 15 is 0 Å². The maximum atomic E-state index is 12.6. The van der Waals surface area contributed by atoms with Crippen molar-refractivity contribution in [2.24, 2.45) is 11.0 Å². The van der Waals surface area contributed by atoms with Gasteiger partial charge in [0.25, 0.3) is 5.91 Å². The topological polar surface area (TPSA) is 72.8 Å². The summed E-state index contributed by atoms with van der Waals surface area (Å²) < 4.78 is 25.9. The van der Waals surface area contributed by atoms with Gasteiger partial charge >= 0.3 is 0 Å². The van der Waals surface area contributed by atoms with Gasteiger partial charge in [-0.1, -0.05) is 21.4 Å². The minimum absolute atomic E-state index is 0.135. The normalized spacial score (nSPS) is 25.9. The lowest BCUT2D eigenvalue weighted by Gasteiger charge is -2.25. The van der Waals surface area contributed by atoms with E-state index in [1.54, 1.807) is 13.8 Å². The van der Waals surface area contributed by atoms with Crippen LogP contribution in [0.2, 0.25) is 0 Å². The number of carbonyl (C=O) groups is 1. The van der Waals surface area contributed by atoms with Crippen LogP contribution in [0.4, 0.5) is 0 Å². The zero-order chi connectivity index (χ0) is 15.8. The van der Waals surface area contributed by atoms with Crippen molar-refractivity contribution >= 4 is 33.6 Å². The van der Waals surface area contributed by atoms with Gasteiger partial charge in [-0.25, -0.2) is 0 Å². The highest BCUT2D eigenvalue weighted by molar-refractivity contribution is 7.99. The highest BCUT2D eigenvalue weighted by atomic mass is 35.5. The first-order chi connectivity index (χ1) is 9.75. The van der Waals surface area contributed by atoms with Crippen LogP contribution >= 0.6 is 11.6 Å². The fourth-order valence-electron chi connectivity index (χ4n) is 2.54. The van der Waals surface area contributed by atoms with Gasteiger partial charge in [-0.05, 0) is 43.9 Å². The quantitative estimate of drug-likeness (QED) is 0.586. The van der Waals surface area contributed by atoms with Crippen molar-refractivity contribution in [1.82, 2.24) is 4.41 Å². The van der Waals surface area contributed by atoms with Gasteiger partial charge in [0.15, 0.2) is 4.91 Å². The number of hydrogen-bond acceptors (Lipinski definition) is 4. The Hall–Kier alpha value is -0.980. The molecule has 1 aliphatic heterocycles. The number of halogens is 1. The van der Waals surface area contributed by atoms with Crippen molar-refractivity contribution in [3.05, 3.63) is 22.1 Å². The maximum Gasteiger partial charge on any atom is 0.299 e. The molecule has 0 bridgehead atoms. The summed E-state index contributed by atoms with van der Waals surface area (Å²) in [7, 11) is -3.95. The molecule has 7 heteroatoms. The Balaban J connectivity index is 2.32. The number of amides is 1. The predicted molar refractivity (Wildman–Crippen MR) is 83.1 cm³/mol. The molecule has 2 unspecified atom stereocenters. The van der Waals surface area contributed by atoms with Crippen molar-refractivity contribution in [3.8, 4) is 0 Å². The minimum Gasteiger partial charge on any atom is -0.587 e. The van der Waals surface area contributed by atoms with Crippen LogP contribution in [0.3, 0.4) is 0 Å². The van der Waals surface area contributed by atoms with Crippen molar-refractivity contribution in [3.63, 3.8) is 0 Å². The van der Waals surface area contributed by atoms with Crippen LogP contribution < -0.4 is 0 Å². The summed E-state index contributed by atoms with van der Waals surface area (Å²) >= 11 is 6.05. The number of allylic oxidation sites excluding steroid dienone is 3. The Morgan fingerprint density at radius 3 is 2.71 bits per heavy atom. The summed E-state index contributed by atoms with van der Waals surface area (Å²) in [6.07, 6.45) is 2.94. The molecule has 0 aromatic heterocycles. The van der Waals surface area contributed by atoms with Gasteiger partial charge < -0.3 is 4.55 Å². The molecule has 0 N–H and O–H groups in total. The number of hydrogen-bond donors (Lipinski definition) is 0. The van der Waals surface area contributed by atoms with Crippen molar-refractivity contribution in [1.29, 1.82) is 0 Å². The first-order valence-electron chi connectivity index (χ1n) is 6.91. The zero-order valence-corrected chi connectivity index (χ0v) is 13.8. The Labute approximate surface area is 131 Å². The SMILES string of the molecule is C=C(C)CC1C(=O)N([S+](=O)([O-])C2=C(Cl)CCCC2)N=C1C. The van der Waals surface area contributed by atoms with Gasteiger partial charge in [-0.2, -0.15) is 0 Å². The molecular weight excluding hydrogens is 312 g/mol. The first kappa shape index (κ1) is 16.4. The molecule has 0 saturated carbocycles. The summed E-state index contributed by atoms with van der Waals surface area (Å²) in [4.78, 5) is 12.5. The second-order valence-corrected chi connectivity index (χ2v) is 7.82. The molecule has 2 rings (SSSR count). The lowest BCUT2D eigenvalue weighted by Crippen LogP contribution is -2.38. The number of carbonyl (C=O) groups excluding carboxylic acids is 1. The van der Waals surface area contributed by atoms with Crippen molar-refractivity contribution in [2.45, 2.75) is 46.0 Å². The van der Waals surface area contributed by atoms with Crippen LogP contribution in [0.5, 0.6) is 0 Å². The highest BCUT2D eigenvalue weighted by Crippen LogP contribution is 2.38. The molecule has 1 amide bonds. The summed E-state index contributed by atoms with van der Waals surface area (Å²) in [5.74, 6) is -1.06. The third-order valence-electron chi connectivity index (χ3n) is 3.68. The standard InChI is InChI=1S/C14H19ClN2O3S/c1-9(2)8-11-10(3)16-17(14(11)18)21(19,20)13-7-5-4-6-12(13)15/h11H,1,4-8H2,2-3H3.